The molecule has 0 bridgehead atoms. The molecule has 6 nitrogen and oxygen atoms in total. The highest BCUT2D eigenvalue weighted by Crippen LogP contribution is 2.28. The third-order valence-corrected chi connectivity index (χ3v) is 4.59. The van der Waals surface area contributed by atoms with Gasteiger partial charge in [-0.3, -0.25) is 9.69 Å². The highest BCUT2D eigenvalue weighted by Gasteiger charge is 2.18. The molecule has 1 aromatic heterocycles. The van der Waals surface area contributed by atoms with Gasteiger partial charge in [0.15, 0.2) is 0 Å². The molecule has 1 N–H and O–H groups in total. The first-order valence-corrected chi connectivity index (χ1v) is 8.89. The number of nitrogens with zero attached hydrogens (tertiary/aromatic N) is 3. The lowest BCUT2D eigenvalue weighted by Crippen LogP contribution is -2.31. The van der Waals surface area contributed by atoms with E-state index in [-0.39, 0.29) is 5.56 Å². The van der Waals surface area contributed by atoms with E-state index in [1.54, 1.807) is 13.2 Å². The zero-order chi connectivity index (χ0) is 17.6. The number of aromatic amines is 1. The molecule has 0 amide bonds. The summed E-state index contributed by atoms with van der Waals surface area (Å²) in [5, 5.41) is 0. The van der Waals surface area contributed by atoms with Crippen molar-refractivity contribution in [3.8, 4) is 5.75 Å². The van der Waals surface area contributed by atoms with Gasteiger partial charge in [-0.15, -0.1) is 0 Å². The molecule has 0 aliphatic carbocycles. The summed E-state index contributed by atoms with van der Waals surface area (Å²) in [6, 6.07) is 9.73. The number of aromatic nitrogens is 2. The number of methoxy groups -OCH3 is 1. The van der Waals surface area contributed by atoms with E-state index in [2.05, 4.69) is 25.8 Å². The summed E-state index contributed by atoms with van der Waals surface area (Å²) in [6.07, 6.45) is 1.84. The molecule has 1 fully saturated rings. The normalized spacial score (nSPS) is 15.8. The maximum Gasteiger partial charge on any atom is 0.251 e. The molecule has 0 unspecified atom stereocenters. The van der Waals surface area contributed by atoms with E-state index in [0.29, 0.717) is 6.54 Å². The number of nitrogens with one attached hydrogen (secondary N) is 1. The Kier molecular flexibility index (Phi) is 5.71. The van der Waals surface area contributed by atoms with E-state index in [1.807, 2.05) is 25.1 Å². The van der Waals surface area contributed by atoms with Crippen LogP contribution in [0.5, 0.6) is 5.75 Å². The summed E-state index contributed by atoms with van der Waals surface area (Å²) >= 11 is 0. The largest absolute Gasteiger partial charge is 0.495 e. The van der Waals surface area contributed by atoms with Crippen LogP contribution in [0.4, 0.5) is 5.69 Å². The smallest absolute Gasteiger partial charge is 0.251 e. The van der Waals surface area contributed by atoms with E-state index in [9.17, 15) is 4.79 Å². The summed E-state index contributed by atoms with van der Waals surface area (Å²) in [5.74, 6) is 1.67. The molecule has 1 aliphatic rings. The summed E-state index contributed by atoms with van der Waals surface area (Å²) in [5.41, 5.74) is 1.93. The van der Waals surface area contributed by atoms with Crippen LogP contribution in [0.2, 0.25) is 0 Å². The fourth-order valence-electron chi connectivity index (χ4n) is 3.29. The van der Waals surface area contributed by atoms with Crippen LogP contribution in [0.3, 0.4) is 0 Å². The van der Waals surface area contributed by atoms with E-state index >= 15 is 0 Å². The van der Waals surface area contributed by atoms with Crippen molar-refractivity contribution in [2.24, 2.45) is 0 Å². The molecule has 1 saturated heterocycles. The van der Waals surface area contributed by atoms with Crippen molar-refractivity contribution in [1.29, 1.82) is 0 Å². The minimum Gasteiger partial charge on any atom is -0.495 e. The third-order valence-electron chi connectivity index (χ3n) is 4.59. The van der Waals surface area contributed by atoms with Gasteiger partial charge in [0.2, 0.25) is 0 Å². The van der Waals surface area contributed by atoms with Crippen LogP contribution in [-0.2, 0) is 13.0 Å². The second-order valence-corrected chi connectivity index (χ2v) is 6.33. The molecule has 1 aromatic carbocycles. The Morgan fingerprint density at radius 3 is 2.84 bits per heavy atom. The summed E-state index contributed by atoms with van der Waals surface area (Å²) in [4.78, 5) is 23.9. The minimum absolute atomic E-state index is 0.0627. The lowest BCUT2D eigenvalue weighted by Gasteiger charge is -2.25. The van der Waals surface area contributed by atoms with Crippen LogP contribution in [0.25, 0.3) is 0 Å². The average Bonchev–Trinajstić information content (AvgIpc) is 2.86. The molecule has 1 aliphatic heterocycles. The lowest BCUT2D eigenvalue weighted by atomic mass is 10.2. The van der Waals surface area contributed by atoms with Gasteiger partial charge in [-0.25, -0.2) is 4.98 Å². The summed E-state index contributed by atoms with van der Waals surface area (Å²) in [6.45, 7) is 6.54. The van der Waals surface area contributed by atoms with Crippen molar-refractivity contribution >= 4 is 5.69 Å². The number of anilines is 1. The first-order chi connectivity index (χ1) is 12.2. The van der Waals surface area contributed by atoms with Gasteiger partial charge in [-0.05, 0) is 25.0 Å². The maximum absolute atomic E-state index is 11.8. The first-order valence-electron chi connectivity index (χ1n) is 8.89. The maximum atomic E-state index is 11.8. The number of aryl methyl sites for hydroxylation is 1. The number of rotatable bonds is 5. The van der Waals surface area contributed by atoms with Crippen molar-refractivity contribution in [2.45, 2.75) is 26.3 Å². The molecule has 3 rings (SSSR count). The molecule has 6 heteroatoms. The van der Waals surface area contributed by atoms with Gasteiger partial charge in [-0.1, -0.05) is 19.1 Å². The molecular weight excluding hydrogens is 316 g/mol. The molecule has 0 atom stereocenters. The monoisotopic (exact) mass is 342 g/mol. The SMILES string of the molecule is CCc1cc(=O)[nH]c(CN2CCCN(c3ccccc3OC)CC2)n1. The molecule has 2 aromatic rings. The standard InChI is InChI=1S/C19H26N4O2/c1-3-15-13-19(24)21-18(20-15)14-22-9-6-10-23(12-11-22)16-7-4-5-8-17(16)25-2/h4-5,7-8,13H,3,6,9-12,14H2,1-2H3,(H,20,21,24). The van der Waals surface area contributed by atoms with Crippen LogP contribution < -0.4 is 15.2 Å². The van der Waals surface area contributed by atoms with E-state index in [4.69, 9.17) is 4.74 Å². The zero-order valence-electron chi connectivity index (χ0n) is 15.0. The van der Waals surface area contributed by atoms with Gasteiger partial charge < -0.3 is 14.6 Å². The quantitative estimate of drug-likeness (QED) is 0.901. The zero-order valence-corrected chi connectivity index (χ0v) is 15.0. The van der Waals surface area contributed by atoms with Crippen molar-refractivity contribution < 1.29 is 4.74 Å². The molecule has 2 heterocycles. The van der Waals surface area contributed by atoms with E-state index in [0.717, 1.165) is 62.0 Å². The fourth-order valence-corrected chi connectivity index (χ4v) is 3.29. The Bertz CT molecular complexity index is 759. The molecule has 25 heavy (non-hydrogen) atoms. The number of hydrogen-bond acceptors (Lipinski definition) is 5. The summed E-state index contributed by atoms with van der Waals surface area (Å²) in [7, 11) is 1.71. The minimum atomic E-state index is -0.0627. The molecule has 0 spiro atoms. The van der Waals surface area contributed by atoms with Crippen LogP contribution in [0, 0.1) is 0 Å². The van der Waals surface area contributed by atoms with E-state index in [1.165, 1.54) is 0 Å². The highest BCUT2D eigenvalue weighted by molar-refractivity contribution is 5.58. The Labute approximate surface area is 148 Å². The number of ether oxygens (including phenoxy) is 1. The Hall–Kier alpha value is -2.34. The predicted octanol–water partition coefficient (Wildman–Crippen LogP) is 2.05. The third kappa shape index (κ3) is 4.39. The molecule has 0 radical (unpaired) electrons. The number of benzene rings is 1. The van der Waals surface area contributed by atoms with Gasteiger partial charge in [0.1, 0.15) is 11.6 Å². The van der Waals surface area contributed by atoms with Gasteiger partial charge in [-0.2, -0.15) is 0 Å². The van der Waals surface area contributed by atoms with E-state index < -0.39 is 0 Å². The summed E-state index contributed by atoms with van der Waals surface area (Å²) < 4.78 is 5.50. The Balaban J connectivity index is 1.68. The fraction of sp³-hybridized carbons (Fsp3) is 0.474. The predicted molar refractivity (Wildman–Crippen MR) is 99.3 cm³/mol. The molecular formula is C19H26N4O2. The number of H-pyrrole nitrogens is 1. The number of para-hydroxylation sites is 2. The lowest BCUT2D eigenvalue weighted by molar-refractivity contribution is 0.277. The van der Waals surface area contributed by atoms with Crippen LogP contribution >= 0.6 is 0 Å². The Morgan fingerprint density at radius 2 is 2.04 bits per heavy atom. The second-order valence-electron chi connectivity index (χ2n) is 6.33. The van der Waals surface area contributed by atoms with Gasteiger partial charge >= 0.3 is 0 Å². The van der Waals surface area contributed by atoms with Gasteiger partial charge in [0.25, 0.3) is 5.56 Å². The van der Waals surface area contributed by atoms with Crippen molar-refractivity contribution in [3.63, 3.8) is 0 Å². The second kappa shape index (κ2) is 8.16. The number of hydrogen-bond donors (Lipinski definition) is 1. The van der Waals surface area contributed by atoms with Crippen LogP contribution in [0.1, 0.15) is 24.9 Å². The highest BCUT2D eigenvalue weighted by atomic mass is 16.5. The van der Waals surface area contributed by atoms with Crippen LogP contribution in [0.15, 0.2) is 35.1 Å². The molecule has 0 saturated carbocycles. The van der Waals surface area contributed by atoms with Crippen molar-refractivity contribution in [3.05, 3.63) is 52.2 Å². The van der Waals surface area contributed by atoms with Gasteiger partial charge in [0, 0.05) is 37.9 Å². The van der Waals surface area contributed by atoms with Crippen molar-refractivity contribution in [2.75, 3.05) is 38.2 Å². The average molecular weight is 342 g/mol. The molecule has 134 valence electrons. The Morgan fingerprint density at radius 1 is 1.20 bits per heavy atom. The topological polar surface area (TPSA) is 61.5 Å². The van der Waals surface area contributed by atoms with Crippen molar-refractivity contribution in [1.82, 2.24) is 14.9 Å². The van der Waals surface area contributed by atoms with Crippen LogP contribution in [-0.4, -0.2) is 48.2 Å². The first kappa shape index (κ1) is 17.5. The van der Waals surface area contributed by atoms with Gasteiger partial charge in [0.05, 0.1) is 19.3 Å².